The first-order valence-electron chi connectivity index (χ1n) is 11.7. The maximum Gasteiger partial charge on any atom is 0.257 e. The molecule has 1 aliphatic rings. The van der Waals surface area contributed by atoms with Crippen LogP contribution < -0.4 is 14.4 Å². The zero-order chi connectivity index (χ0) is 25.7. The zero-order valence-electron chi connectivity index (χ0n) is 20.1. The third kappa shape index (κ3) is 5.38. The van der Waals surface area contributed by atoms with Gasteiger partial charge in [0.05, 0.1) is 25.8 Å². The molecule has 1 saturated heterocycles. The maximum atomic E-state index is 13.9. The van der Waals surface area contributed by atoms with Gasteiger partial charge in [0.2, 0.25) is 5.91 Å². The molecule has 1 aliphatic heterocycles. The van der Waals surface area contributed by atoms with E-state index in [-0.39, 0.29) is 18.5 Å². The van der Waals surface area contributed by atoms with Gasteiger partial charge < -0.3 is 14.4 Å². The predicted molar refractivity (Wildman–Crippen MR) is 133 cm³/mol. The Bertz CT molecular complexity index is 1240. The van der Waals surface area contributed by atoms with Gasteiger partial charge in [-0.25, -0.2) is 9.29 Å². The molecule has 0 aromatic heterocycles. The van der Waals surface area contributed by atoms with Crippen LogP contribution in [-0.2, 0) is 16.0 Å². The van der Waals surface area contributed by atoms with Gasteiger partial charge in [-0.2, -0.15) is 0 Å². The highest BCUT2D eigenvalue weighted by Crippen LogP contribution is 2.28. The average Bonchev–Trinajstić information content (AvgIpc) is 3.18. The van der Waals surface area contributed by atoms with Crippen LogP contribution >= 0.6 is 0 Å². The number of nitrogens with zero attached hydrogens (tertiary/aromatic N) is 2. The number of halogens is 1. The first kappa shape index (κ1) is 24.9. The second-order valence-corrected chi connectivity index (χ2v) is 8.32. The summed E-state index contributed by atoms with van der Waals surface area (Å²) in [5, 5.41) is 0. The number of rotatable bonds is 9. The Morgan fingerprint density at radius 2 is 1.72 bits per heavy atom. The number of ether oxygens (including phenoxy) is 2. The van der Waals surface area contributed by atoms with Gasteiger partial charge >= 0.3 is 0 Å². The number of hydrogen-bond donors (Lipinski definition) is 0. The molecule has 0 spiro atoms. The Morgan fingerprint density at radius 1 is 1.03 bits per heavy atom. The van der Waals surface area contributed by atoms with Gasteiger partial charge in [-0.3, -0.25) is 14.4 Å². The van der Waals surface area contributed by atoms with E-state index in [1.54, 1.807) is 31.4 Å². The fourth-order valence-corrected chi connectivity index (χ4v) is 4.22. The summed E-state index contributed by atoms with van der Waals surface area (Å²) in [4.78, 5) is 42.3. The van der Waals surface area contributed by atoms with Crippen molar-refractivity contribution < 1.29 is 28.2 Å². The molecule has 0 aliphatic carbocycles. The average molecular weight is 491 g/mol. The molecule has 1 fully saturated rings. The van der Waals surface area contributed by atoms with Crippen LogP contribution in [0.1, 0.15) is 29.3 Å². The molecule has 0 bridgehead atoms. The van der Waals surface area contributed by atoms with Crippen molar-refractivity contribution in [2.75, 3.05) is 25.2 Å². The lowest BCUT2D eigenvalue weighted by Gasteiger charge is -2.28. The number of amides is 3. The minimum absolute atomic E-state index is 0.115. The van der Waals surface area contributed by atoms with Crippen molar-refractivity contribution in [2.24, 2.45) is 0 Å². The molecule has 1 heterocycles. The Morgan fingerprint density at radius 3 is 2.36 bits per heavy atom. The first-order chi connectivity index (χ1) is 17.4. The number of hydrogen-bond acceptors (Lipinski definition) is 5. The van der Waals surface area contributed by atoms with Crippen molar-refractivity contribution in [3.05, 3.63) is 89.7 Å². The standard InChI is InChI=1S/C28H27FN2O5/c1-3-36-24-13-9-22(10-14-24)31-26(32)18-25(28(31)34)30(27(33)20-5-4-6-21(29)17-20)16-15-19-7-11-23(35-2)12-8-19/h4-14,17,25H,3,15-16,18H2,1-2H3. The molecule has 0 saturated carbocycles. The molecular formula is C28H27FN2O5. The van der Waals surface area contributed by atoms with E-state index in [0.29, 0.717) is 30.2 Å². The second-order valence-electron chi connectivity index (χ2n) is 8.32. The predicted octanol–water partition coefficient (Wildman–Crippen LogP) is 4.25. The molecule has 7 nitrogen and oxygen atoms in total. The number of carbonyl (C=O) groups is 3. The van der Waals surface area contributed by atoms with Crippen molar-refractivity contribution in [3.8, 4) is 11.5 Å². The Kier molecular flexibility index (Phi) is 7.63. The number of anilines is 1. The van der Waals surface area contributed by atoms with Crippen LogP contribution in [0.25, 0.3) is 0 Å². The van der Waals surface area contributed by atoms with Gasteiger partial charge in [0.1, 0.15) is 23.4 Å². The van der Waals surface area contributed by atoms with Crippen molar-refractivity contribution >= 4 is 23.4 Å². The van der Waals surface area contributed by atoms with Crippen LogP contribution in [0.15, 0.2) is 72.8 Å². The summed E-state index contributed by atoms with van der Waals surface area (Å²) >= 11 is 0. The lowest BCUT2D eigenvalue weighted by Crippen LogP contribution is -2.46. The fraction of sp³-hybridized carbons (Fsp3) is 0.250. The summed E-state index contributed by atoms with van der Waals surface area (Å²) < 4.78 is 24.5. The number of carbonyl (C=O) groups excluding carboxylic acids is 3. The summed E-state index contributed by atoms with van der Waals surface area (Å²) in [6.07, 6.45) is 0.280. The van der Waals surface area contributed by atoms with Crippen LogP contribution in [0.5, 0.6) is 11.5 Å². The monoisotopic (exact) mass is 490 g/mol. The van der Waals surface area contributed by atoms with E-state index < -0.39 is 29.6 Å². The Labute approximate surface area is 209 Å². The van der Waals surface area contributed by atoms with Crippen molar-refractivity contribution in [2.45, 2.75) is 25.8 Å². The Hall–Kier alpha value is -4.20. The van der Waals surface area contributed by atoms with E-state index >= 15 is 0 Å². The Balaban J connectivity index is 1.60. The normalized spacial score (nSPS) is 15.2. The number of methoxy groups -OCH3 is 1. The second kappa shape index (κ2) is 11.0. The van der Waals surface area contributed by atoms with Crippen LogP contribution in [0.3, 0.4) is 0 Å². The van der Waals surface area contributed by atoms with E-state index in [9.17, 15) is 18.8 Å². The van der Waals surface area contributed by atoms with Gasteiger partial charge in [-0.05, 0) is 73.5 Å². The van der Waals surface area contributed by atoms with Crippen LogP contribution in [-0.4, -0.2) is 48.9 Å². The molecule has 3 aromatic carbocycles. The summed E-state index contributed by atoms with van der Waals surface area (Å²) in [5.74, 6) is -0.643. The van der Waals surface area contributed by atoms with Gasteiger partial charge in [0.15, 0.2) is 0 Å². The molecule has 3 aromatic rings. The minimum atomic E-state index is -1.00. The van der Waals surface area contributed by atoms with Crippen molar-refractivity contribution in [3.63, 3.8) is 0 Å². The highest BCUT2D eigenvalue weighted by atomic mass is 19.1. The lowest BCUT2D eigenvalue weighted by atomic mass is 10.1. The number of imide groups is 1. The molecular weight excluding hydrogens is 463 g/mol. The molecule has 3 amide bonds. The molecule has 0 radical (unpaired) electrons. The van der Waals surface area contributed by atoms with E-state index in [0.717, 1.165) is 16.5 Å². The summed E-state index contributed by atoms with van der Waals surface area (Å²) in [5.41, 5.74) is 1.45. The van der Waals surface area contributed by atoms with Crippen molar-refractivity contribution in [1.82, 2.24) is 4.90 Å². The van der Waals surface area contributed by atoms with Gasteiger partial charge in [-0.1, -0.05) is 18.2 Å². The fourth-order valence-electron chi connectivity index (χ4n) is 4.22. The van der Waals surface area contributed by atoms with Crippen LogP contribution in [0.4, 0.5) is 10.1 Å². The summed E-state index contributed by atoms with van der Waals surface area (Å²) in [6.45, 7) is 2.53. The molecule has 1 unspecified atom stereocenters. The third-order valence-corrected chi connectivity index (χ3v) is 6.04. The smallest absolute Gasteiger partial charge is 0.257 e. The van der Waals surface area contributed by atoms with Crippen LogP contribution in [0, 0.1) is 5.82 Å². The van der Waals surface area contributed by atoms with E-state index in [4.69, 9.17) is 9.47 Å². The van der Waals surface area contributed by atoms with Crippen molar-refractivity contribution in [1.29, 1.82) is 0 Å². The SMILES string of the molecule is CCOc1ccc(N2C(=O)CC(N(CCc3ccc(OC)cc3)C(=O)c3cccc(F)c3)C2=O)cc1. The molecule has 8 heteroatoms. The maximum absolute atomic E-state index is 13.9. The molecule has 0 N–H and O–H groups in total. The highest BCUT2D eigenvalue weighted by molar-refractivity contribution is 6.23. The van der Waals surface area contributed by atoms with Gasteiger partial charge in [0.25, 0.3) is 11.8 Å². The van der Waals surface area contributed by atoms with E-state index in [1.807, 2.05) is 31.2 Å². The number of benzene rings is 3. The van der Waals surface area contributed by atoms with Crippen LogP contribution in [0.2, 0.25) is 0 Å². The van der Waals surface area contributed by atoms with Gasteiger partial charge in [-0.15, -0.1) is 0 Å². The first-order valence-corrected chi connectivity index (χ1v) is 11.7. The summed E-state index contributed by atoms with van der Waals surface area (Å²) in [6, 6.07) is 18.3. The molecule has 36 heavy (non-hydrogen) atoms. The van der Waals surface area contributed by atoms with E-state index in [2.05, 4.69) is 0 Å². The largest absolute Gasteiger partial charge is 0.497 e. The zero-order valence-corrected chi connectivity index (χ0v) is 20.1. The molecule has 4 rings (SSSR count). The summed E-state index contributed by atoms with van der Waals surface area (Å²) in [7, 11) is 1.58. The third-order valence-electron chi connectivity index (χ3n) is 6.04. The minimum Gasteiger partial charge on any atom is -0.497 e. The molecule has 1 atom stereocenters. The van der Waals surface area contributed by atoms with E-state index in [1.165, 1.54) is 23.1 Å². The highest BCUT2D eigenvalue weighted by Gasteiger charge is 2.44. The topological polar surface area (TPSA) is 76.2 Å². The quantitative estimate of drug-likeness (QED) is 0.419. The lowest BCUT2D eigenvalue weighted by molar-refractivity contribution is -0.122. The van der Waals surface area contributed by atoms with Gasteiger partial charge in [0, 0.05) is 12.1 Å². The molecule has 186 valence electrons.